The van der Waals surface area contributed by atoms with E-state index in [1.807, 2.05) is 0 Å². The fourth-order valence-electron chi connectivity index (χ4n) is 3.27. The number of aromatic nitrogens is 3. The predicted molar refractivity (Wildman–Crippen MR) is 94.9 cm³/mol. The van der Waals surface area contributed by atoms with E-state index in [1.54, 1.807) is 0 Å². The maximum absolute atomic E-state index is 13.9. The van der Waals surface area contributed by atoms with Crippen LogP contribution >= 0.6 is 0 Å². The molecule has 2 aromatic heterocycles. The van der Waals surface area contributed by atoms with Gasteiger partial charge < -0.3 is 11.1 Å². The molecule has 0 radical (unpaired) electrons. The molecule has 2 aromatic rings. The molecule has 2 amide bonds. The molecular formula is C18H20F3N5O2. The zero-order valence-electron chi connectivity index (χ0n) is 15.4. The van der Waals surface area contributed by atoms with Crippen molar-refractivity contribution in [3.63, 3.8) is 0 Å². The number of carbonyl (C=O) groups is 2. The number of amides is 2. The highest BCUT2D eigenvalue weighted by Gasteiger charge is 2.36. The van der Waals surface area contributed by atoms with Gasteiger partial charge in [0.25, 0.3) is 17.7 Å². The maximum Gasteiger partial charge on any atom is 0.289 e. The van der Waals surface area contributed by atoms with Gasteiger partial charge >= 0.3 is 0 Å². The second kappa shape index (κ2) is 7.25. The van der Waals surface area contributed by atoms with Crippen molar-refractivity contribution < 1.29 is 22.8 Å². The average Bonchev–Trinajstić information content (AvgIpc) is 2.90. The van der Waals surface area contributed by atoms with Crippen LogP contribution in [-0.4, -0.2) is 32.8 Å². The molecule has 0 aromatic carbocycles. The Labute approximate surface area is 159 Å². The first-order valence-corrected chi connectivity index (χ1v) is 8.73. The molecule has 1 fully saturated rings. The van der Waals surface area contributed by atoms with Gasteiger partial charge in [0.2, 0.25) is 0 Å². The summed E-state index contributed by atoms with van der Waals surface area (Å²) in [5.74, 6) is -4.74. The van der Waals surface area contributed by atoms with Crippen LogP contribution in [0.2, 0.25) is 0 Å². The highest BCUT2D eigenvalue weighted by Crippen LogP contribution is 2.34. The second-order valence-corrected chi connectivity index (χ2v) is 7.08. The van der Waals surface area contributed by atoms with E-state index < -0.39 is 29.6 Å². The number of anilines is 1. The molecule has 7 nitrogen and oxygen atoms in total. The second-order valence-electron chi connectivity index (χ2n) is 7.08. The molecule has 0 aliphatic heterocycles. The van der Waals surface area contributed by atoms with Crippen LogP contribution in [-0.2, 0) is 12.5 Å². The van der Waals surface area contributed by atoms with Crippen LogP contribution in [0.5, 0.6) is 0 Å². The minimum atomic E-state index is -3.23. The Morgan fingerprint density at radius 2 is 2.07 bits per heavy atom. The first-order chi connectivity index (χ1) is 13.1. The Bertz CT molecular complexity index is 916. The third-order valence-corrected chi connectivity index (χ3v) is 4.70. The number of alkyl halides is 3. The van der Waals surface area contributed by atoms with Crippen molar-refractivity contribution >= 4 is 17.5 Å². The number of halogens is 3. The minimum Gasteiger partial charge on any atom is -0.364 e. The number of hydrogen-bond acceptors (Lipinski definition) is 4. The van der Waals surface area contributed by atoms with Crippen molar-refractivity contribution in [3.05, 3.63) is 41.0 Å². The van der Waals surface area contributed by atoms with Gasteiger partial charge in [-0.15, -0.1) is 0 Å². The lowest BCUT2D eigenvalue weighted by Crippen LogP contribution is -2.30. The summed E-state index contributed by atoms with van der Waals surface area (Å²) in [5.41, 5.74) is 4.87. The third-order valence-electron chi connectivity index (χ3n) is 4.70. The summed E-state index contributed by atoms with van der Waals surface area (Å²) in [7, 11) is 0. The molecule has 10 heteroatoms. The van der Waals surface area contributed by atoms with Crippen molar-refractivity contribution in [2.75, 3.05) is 5.32 Å². The van der Waals surface area contributed by atoms with Gasteiger partial charge in [-0.25, -0.2) is 4.39 Å². The van der Waals surface area contributed by atoms with Crippen LogP contribution in [0, 0.1) is 12.8 Å². The molecule has 1 aliphatic rings. The van der Waals surface area contributed by atoms with E-state index >= 15 is 0 Å². The summed E-state index contributed by atoms with van der Waals surface area (Å²) in [6, 6.07) is 2.72. The summed E-state index contributed by atoms with van der Waals surface area (Å²) < 4.78 is 42.2. The van der Waals surface area contributed by atoms with Crippen LogP contribution in [0.3, 0.4) is 0 Å². The van der Waals surface area contributed by atoms with Gasteiger partial charge in [-0.2, -0.15) is 13.9 Å². The lowest BCUT2D eigenvalue weighted by atomic mass is 9.83. The SMILES string of the molecule is Cc1c(C(C)(F)F)nn(CC2CC(F)C2)c1C(=O)Nc1ccnc(C(N)=O)c1. The Morgan fingerprint density at radius 1 is 1.39 bits per heavy atom. The number of carbonyl (C=O) groups excluding carboxylic acids is 2. The molecule has 1 aliphatic carbocycles. The van der Waals surface area contributed by atoms with E-state index in [0.29, 0.717) is 19.8 Å². The molecule has 150 valence electrons. The third kappa shape index (κ3) is 4.00. The van der Waals surface area contributed by atoms with Gasteiger partial charge in [0.05, 0.1) is 0 Å². The van der Waals surface area contributed by atoms with Crippen LogP contribution in [0.1, 0.15) is 52.0 Å². The normalized spacial score (nSPS) is 19.2. The van der Waals surface area contributed by atoms with Crippen molar-refractivity contribution in [3.8, 4) is 0 Å². The number of nitrogens with two attached hydrogens (primary N) is 1. The predicted octanol–water partition coefficient (Wildman–Crippen LogP) is 2.80. The Hall–Kier alpha value is -2.91. The van der Waals surface area contributed by atoms with E-state index in [-0.39, 0.29) is 35.1 Å². The number of nitrogens with one attached hydrogen (secondary N) is 1. The number of rotatable bonds is 6. The van der Waals surface area contributed by atoms with Crippen LogP contribution in [0.25, 0.3) is 0 Å². The fraction of sp³-hybridized carbons (Fsp3) is 0.444. The van der Waals surface area contributed by atoms with E-state index in [2.05, 4.69) is 15.4 Å². The smallest absolute Gasteiger partial charge is 0.289 e. The quantitative estimate of drug-likeness (QED) is 0.785. The van der Waals surface area contributed by atoms with Gasteiger partial charge in [-0.3, -0.25) is 19.3 Å². The maximum atomic E-state index is 13.9. The molecule has 28 heavy (non-hydrogen) atoms. The average molecular weight is 395 g/mol. The first-order valence-electron chi connectivity index (χ1n) is 8.73. The van der Waals surface area contributed by atoms with E-state index in [0.717, 1.165) is 0 Å². The van der Waals surface area contributed by atoms with E-state index in [1.165, 1.54) is 29.9 Å². The standard InChI is InChI=1S/C18H20F3N5O2/c1-9-14(17(28)24-12-3-4-23-13(7-12)16(22)27)26(8-10-5-11(19)6-10)25-15(9)18(2,20)21/h3-4,7,10-11H,5-6,8H2,1-2H3,(H2,22,27)(H,23,24,28). The molecule has 0 bridgehead atoms. The molecule has 0 atom stereocenters. The highest BCUT2D eigenvalue weighted by molar-refractivity contribution is 6.04. The topological polar surface area (TPSA) is 103 Å². The summed E-state index contributed by atoms with van der Waals surface area (Å²) >= 11 is 0. The van der Waals surface area contributed by atoms with Crippen molar-refractivity contribution in [2.45, 2.75) is 45.3 Å². The summed E-state index contributed by atoms with van der Waals surface area (Å²) in [6.45, 7) is 2.27. The van der Waals surface area contributed by atoms with Crippen LogP contribution in [0.15, 0.2) is 18.3 Å². The number of hydrogen-bond donors (Lipinski definition) is 2. The highest BCUT2D eigenvalue weighted by atomic mass is 19.3. The number of pyridine rings is 1. The monoisotopic (exact) mass is 395 g/mol. The molecule has 0 unspecified atom stereocenters. The van der Waals surface area contributed by atoms with Gasteiger partial charge in [0.15, 0.2) is 0 Å². The lowest BCUT2D eigenvalue weighted by Gasteiger charge is -2.29. The van der Waals surface area contributed by atoms with Crippen molar-refractivity contribution in [2.24, 2.45) is 11.7 Å². The summed E-state index contributed by atoms with van der Waals surface area (Å²) in [5, 5.41) is 6.48. The molecule has 2 heterocycles. The largest absolute Gasteiger partial charge is 0.364 e. The Kier molecular flexibility index (Phi) is 5.14. The summed E-state index contributed by atoms with van der Waals surface area (Å²) in [4.78, 5) is 27.8. The number of primary amides is 1. The first kappa shape index (κ1) is 19.8. The molecule has 0 saturated heterocycles. The molecule has 0 spiro atoms. The lowest BCUT2D eigenvalue weighted by molar-refractivity contribution is 0.0110. The molecule has 1 saturated carbocycles. The Morgan fingerprint density at radius 3 is 2.64 bits per heavy atom. The zero-order chi connectivity index (χ0) is 20.6. The van der Waals surface area contributed by atoms with Gasteiger partial charge in [0, 0.05) is 30.9 Å². The molecule has 3 N–H and O–H groups in total. The van der Waals surface area contributed by atoms with Gasteiger partial charge in [0.1, 0.15) is 23.3 Å². The van der Waals surface area contributed by atoms with Crippen molar-refractivity contribution in [1.82, 2.24) is 14.8 Å². The number of nitrogens with zero attached hydrogens (tertiary/aromatic N) is 3. The summed E-state index contributed by atoms with van der Waals surface area (Å²) in [6.07, 6.45) is 1.00. The molecule has 3 rings (SSSR count). The fourth-order valence-corrected chi connectivity index (χ4v) is 3.27. The Balaban J connectivity index is 1.92. The van der Waals surface area contributed by atoms with Crippen LogP contribution in [0.4, 0.5) is 18.9 Å². The van der Waals surface area contributed by atoms with Gasteiger partial charge in [-0.05, 0) is 37.8 Å². The van der Waals surface area contributed by atoms with Gasteiger partial charge in [-0.1, -0.05) is 0 Å². The minimum absolute atomic E-state index is 0.0312. The zero-order valence-corrected chi connectivity index (χ0v) is 15.4. The van der Waals surface area contributed by atoms with Crippen molar-refractivity contribution in [1.29, 1.82) is 0 Å². The molecular weight excluding hydrogens is 375 g/mol. The van der Waals surface area contributed by atoms with Crippen LogP contribution < -0.4 is 11.1 Å². The van der Waals surface area contributed by atoms with E-state index in [4.69, 9.17) is 5.73 Å². The van der Waals surface area contributed by atoms with E-state index in [9.17, 15) is 22.8 Å².